The minimum atomic E-state index is -0.210. The van der Waals surface area contributed by atoms with Crippen molar-refractivity contribution in [2.45, 2.75) is 30.0 Å². The lowest BCUT2D eigenvalue weighted by atomic mass is 10.1. The molecule has 168 valence electrons. The van der Waals surface area contributed by atoms with E-state index >= 15 is 0 Å². The first-order valence-corrected chi connectivity index (χ1v) is 12.4. The van der Waals surface area contributed by atoms with Crippen LogP contribution < -0.4 is 5.32 Å². The normalized spacial score (nSPS) is 15.1. The number of fused-ring (bicyclic) bond motifs is 1. The Hall–Kier alpha value is -2.95. The molecule has 4 aromatic heterocycles. The van der Waals surface area contributed by atoms with Crippen molar-refractivity contribution in [3.63, 3.8) is 0 Å². The molecule has 1 fully saturated rings. The molecule has 33 heavy (non-hydrogen) atoms. The summed E-state index contributed by atoms with van der Waals surface area (Å²) in [4.78, 5) is 28.5. The van der Waals surface area contributed by atoms with Gasteiger partial charge in [-0.2, -0.15) is 0 Å². The monoisotopic (exact) mass is 477 g/mol. The van der Waals surface area contributed by atoms with Gasteiger partial charge in [-0.25, -0.2) is 9.97 Å². The van der Waals surface area contributed by atoms with Crippen molar-refractivity contribution < 1.29 is 4.79 Å². The number of rotatable bonds is 5. The van der Waals surface area contributed by atoms with E-state index in [-0.39, 0.29) is 5.91 Å². The van der Waals surface area contributed by atoms with Crippen LogP contribution in [0.25, 0.3) is 21.5 Å². The number of carbonyl (C=O) groups is 1. The number of nitrogens with one attached hydrogen (secondary N) is 1. The molecule has 0 bridgehead atoms. The van der Waals surface area contributed by atoms with E-state index in [2.05, 4.69) is 42.4 Å². The van der Waals surface area contributed by atoms with Crippen molar-refractivity contribution in [2.75, 3.05) is 25.5 Å². The average molecular weight is 478 g/mol. The number of aryl methyl sites for hydroxylation is 1. The first-order valence-electron chi connectivity index (χ1n) is 10.7. The highest BCUT2D eigenvalue weighted by Crippen LogP contribution is 2.29. The van der Waals surface area contributed by atoms with Gasteiger partial charge in [0.05, 0.1) is 16.7 Å². The molecule has 1 saturated heterocycles. The summed E-state index contributed by atoms with van der Waals surface area (Å²) in [5.41, 5.74) is 2.21. The van der Waals surface area contributed by atoms with Crippen molar-refractivity contribution in [1.82, 2.24) is 30.0 Å². The lowest BCUT2D eigenvalue weighted by Gasteiger charge is -2.28. The summed E-state index contributed by atoms with van der Waals surface area (Å²) in [5, 5.41) is 15.2. The summed E-state index contributed by atoms with van der Waals surface area (Å²) in [7, 11) is 2.15. The van der Waals surface area contributed by atoms with E-state index in [9.17, 15) is 4.79 Å². The van der Waals surface area contributed by atoms with E-state index in [0.29, 0.717) is 16.6 Å². The molecule has 0 aromatic carbocycles. The Bertz CT molecular complexity index is 1300. The summed E-state index contributed by atoms with van der Waals surface area (Å²) < 4.78 is 0. The number of piperidine rings is 1. The number of pyridine rings is 3. The first kappa shape index (κ1) is 21.9. The van der Waals surface area contributed by atoms with Crippen molar-refractivity contribution in [2.24, 2.45) is 0 Å². The number of carbonyl (C=O) groups excluding carboxylic acids is 1. The van der Waals surface area contributed by atoms with E-state index in [0.717, 1.165) is 57.4 Å². The highest BCUT2D eigenvalue weighted by Gasteiger charge is 2.19. The van der Waals surface area contributed by atoms with Crippen LogP contribution in [0.1, 0.15) is 28.2 Å². The SMILES string of the molecule is Cc1nnc(-c2cnc3cnc(NC(=O)c4ccnc(SC5CCN(C)CC5)c4)cc3c2)s1. The molecule has 0 unspecified atom stereocenters. The average Bonchev–Trinajstić information content (AvgIpc) is 3.26. The number of aromatic nitrogens is 5. The van der Waals surface area contributed by atoms with E-state index in [1.54, 1.807) is 36.4 Å². The molecule has 1 aliphatic heterocycles. The van der Waals surface area contributed by atoms with Gasteiger partial charge in [-0.3, -0.25) is 9.78 Å². The molecule has 0 spiro atoms. The van der Waals surface area contributed by atoms with Crippen LogP contribution in [0.5, 0.6) is 0 Å². The second-order valence-electron chi connectivity index (χ2n) is 8.07. The quantitative estimate of drug-likeness (QED) is 0.455. The maximum Gasteiger partial charge on any atom is 0.256 e. The standard InChI is InChI=1S/C23H23N7OS2/c1-14-28-29-23(32-14)17-9-16-10-20(26-13-19(16)25-12-17)27-22(31)15-3-6-24-21(11-15)33-18-4-7-30(2)8-5-18/h3,6,9-13,18H,4-5,7-8H2,1-2H3,(H,26,27,31). The van der Waals surface area contributed by atoms with Crippen molar-refractivity contribution in [3.05, 3.63) is 53.4 Å². The molecule has 0 aliphatic carbocycles. The fourth-order valence-electron chi connectivity index (χ4n) is 3.71. The summed E-state index contributed by atoms with van der Waals surface area (Å²) in [6.07, 6.45) is 7.39. The van der Waals surface area contributed by atoms with Crippen LogP contribution in [0.2, 0.25) is 0 Å². The third kappa shape index (κ3) is 5.18. The van der Waals surface area contributed by atoms with Crippen molar-refractivity contribution >= 4 is 45.7 Å². The highest BCUT2D eigenvalue weighted by atomic mass is 32.2. The molecule has 1 aliphatic rings. The molecule has 8 nitrogen and oxygen atoms in total. The number of anilines is 1. The molecular formula is C23H23N7OS2. The first-order chi connectivity index (χ1) is 16.0. The summed E-state index contributed by atoms with van der Waals surface area (Å²) in [6, 6.07) is 7.40. The molecule has 0 atom stereocenters. The zero-order valence-electron chi connectivity index (χ0n) is 18.4. The van der Waals surface area contributed by atoms with Crippen LogP contribution >= 0.6 is 23.1 Å². The molecule has 0 saturated carbocycles. The molecular weight excluding hydrogens is 454 g/mol. The zero-order chi connectivity index (χ0) is 22.8. The van der Waals surface area contributed by atoms with Gasteiger partial charge in [-0.05, 0) is 64.2 Å². The van der Waals surface area contributed by atoms with Crippen LogP contribution in [0.15, 0.2) is 47.9 Å². The third-order valence-electron chi connectivity index (χ3n) is 5.53. The molecule has 1 N–H and O–H groups in total. The Morgan fingerprint density at radius 1 is 1.12 bits per heavy atom. The second-order valence-corrected chi connectivity index (χ2v) is 10.6. The lowest BCUT2D eigenvalue weighted by molar-refractivity contribution is 0.102. The Morgan fingerprint density at radius 3 is 2.76 bits per heavy atom. The molecule has 1 amide bonds. The molecule has 0 radical (unpaired) electrons. The summed E-state index contributed by atoms with van der Waals surface area (Å²) in [5.74, 6) is 0.263. The minimum absolute atomic E-state index is 0.210. The Morgan fingerprint density at radius 2 is 1.97 bits per heavy atom. The maximum atomic E-state index is 12.9. The van der Waals surface area contributed by atoms with Gasteiger partial charge in [0.15, 0.2) is 0 Å². The van der Waals surface area contributed by atoms with Crippen LogP contribution in [-0.4, -0.2) is 61.3 Å². The fraction of sp³-hybridized carbons (Fsp3) is 0.304. The lowest BCUT2D eigenvalue weighted by Crippen LogP contribution is -2.31. The van der Waals surface area contributed by atoms with E-state index in [1.165, 1.54) is 11.3 Å². The Kier molecular flexibility index (Phi) is 6.30. The van der Waals surface area contributed by atoms with Crippen LogP contribution in [0, 0.1) is 6.92 Å². The second kappa shape index (κ2) is 9.50. The van der Waals surface area contributed by atoms with Gasteiger partial charge in [0.2, 0.25) is 0 Å². The van der Waals surface area contributed by atoms with E-state index in [1.807, 2.05) is 25.1 Å². The summed E-state index contributed by atoms with van der Waals surface area (Å²) >= 11 is 3.27. The maximum absolute atomic E-state index is 12.9. The van der Waals surface area contributed by atoms with Crippen LogP contribution in [0.3, 0.4) is 0 Å². The van der Waals surface area contributed by atoms with Gasteiger partial charge >= 0.3 is 0 Å². The largest absolute Gasteiger partial charge is 0.307 e. The van der Waals surface area contributed by atoms with Gasteiger partial charge in [0.25, 0.3) is 5.91 Å². The third-order valence-corrected chi connectivity index (χ3v) is 7.69. The number of amides is 1. The topological polar surface area (TPSA) is 96.8 Å². The van der Waals surface area contributed by atoms with E-state index < -0.39 is 0 Å². The fourth-order valence-corrected chi connectivity index (χ4v) is 5.48. The predicted octanol–water partition coefficient (Wildman–Crippen LogP) is 4.29. The zero-order valence-corrected chi connectivity index (χ0v) is 20.0. The number of thioether (sulfide) groups is 1. The van der Waals surface area contributed by atoms with Gasteiger partial charge < -0.3 is 10.2 Å². The van der Waals surface area contributed by atoms with E-state index in [4.69, 9.17) is 0 Å². The Labute approximate surface area is 199 Å². The minimum Gasteiger partial charge on any atom is -0.307 e. The number of nitrogens with zero attached hydrogens (tertiary/aromatic N) is 6. The molecule has 5 rings (SSSR count). The summed E-state index contributed by atoms with van der Waals surface area (Å²) in [6.45, 7) is 4.12. The van der Waals surface area contributed by atoms with Crippen molar-refractivity contribution in [3.8, 4) is 10.6 Å². The molecule has 4 aromatic rings. The smallest absolute Gasteiger partial charge is 0.256 e. The highest BCUT2D eigenvalue weighted by molar-refractivity contribution is 7.99. The number of likely N-dealkylation sites (tertiary alicyclic amines) is 1. The predicted molar refractivity (Wildman–Crippen MR) is 132 cm³/mol. The molecule has 5 heterocycles. The van der Waals surface area contributed by atoms with Crippen LogP contribution in [0.4, 0.5) is 5.82 Å². The number of hydrogen-bond acceptors (Lipinski definition) is 9. The van der Waals surface area contributed by atoms with Gasteiger partial charge in [-0.1, -0.05) is 11.3 Å². The molecule has 10 heteroatoms. The van der Waals surface area contributed by atoms with Crippen LogP contribution in [-0.2, 0) is 0 Å². The van der Waals surface area contributed by atoms with Crippen molar-refractivity contribution in [1.29, 1.82) is 0 Å². The Balaban J connectivity index is 1.31. The number of hydrogen-bond donors (Lipinski definition) is 1. The van der Waals surface area contributed by atoms with Gasteiger partial charge in [-0.15, -0.1) is 22.0 Å². The van der Waals surface area contributed by atoms with Gasteiger partial charge in [0.1, 0.15) is 15.8 Å². The van der Waals surface area contributed by atoms with Gasteiger partial charge in [0, 0.05) is 34.2 Å².